The molecule has 348 valence electrons. The first kappa shape index (κ1) is 45.7. The normalized spacial score (nSPS) is 11.7. The molecule has 0 atom stereocenters. The first-order chi connectivity index (χ1) is 35.3. The third-order valence-electron chi connectivity index (χ3n) is 14.3. The summed E-state index contributed by atoms with van der Waals surface area (Å²) in [6.07, 6.45) is 4.26. The summed E-state index contributed by atoms with van der Waals surface area (Å²) in [5.74, 6) is 0. The minimum atomic E-state index is -1.89. The number of furan rings is 1. The highest BCUT2D eigenvalue weighted by molar-refractivity contribution is 6.91. The number of benzene rings is 10. The fraction of sp³-hybridized carbons (Fsp3) is 0.0588. The molecular weight excluding hydrogens is 889 g/mol. The fourth-order valence-corrected chi connectivity index (χ4v) is 12.1. The molecule has 11 rings (SSSR count). The summed E-state index contributed by atoms with van der Waals surface area (Å²) in [5, 5.41) is 6.08. The minimum absolute atomic E-state index is 0.785. The molecule has 0 fully saturated rings. The molecule has 0 aliphatic carbocycles. The van der Waals surface area contributed by atoms with Gasteiger partial charge in [-0.15, -0.1) is 0 Å². The van der Waals surface area contributed by atoms with E-state index in [1.165, 1.54) is 32.6 Å². The molecule has 0 aliphatic rings. The average molecular weight is 945 g/mol. The number of para-hydroxylation sites is 5. The van der Waals surface area contributed by atoms with Crippen LogP contribution in [0, 0.1) is 0 Å². The minimum Gasteiger partial charge on any atom is -0.454 e. The van der Waals surface area contributed by atoms with E-state index in [4.69, 9.17) is 17.6 Å². The molecule has 11 aromatic rings. The van der Waals surface area contributed by atoms with Crippen molar-refractivity contribution in [2.45, 2.75) is 26.1 Å². The number of nitrogens with zero attached hydrogens (tertiary/aromatic N) is 2. The number of hydrogen-bond donors (Lipinski definition) is 0. The van der Waals surface area contributed by atoms with E-state index in [1.54, 1.807) is 0 Å². The van der Waals surface area contributed by atoms with E-state index in [1.807, 2.05) is 12.1 Å². The second-order valence-electron chi connectivity index (χ2n) is 19.0. The Bertz CT molecular complexity index is 3800. The average Bonchev–Trinajstić information content (AvgIpc) is 3.83. The van der Waals surface area contributed by atoms with Gasteiger partial charge in [0, 0.05) is 39.0 Å². The molecule has 0 saturated carbocycles. The van der Waals surface area contributed by atoms with E-state index in [0.717, 1.165) is 89.9 Å². The second-order valence-corrected chi connectivity index (χ2v) is 24.1. The van der Waals surface area contributed by atoms with Crippen molar-refractivity contribution >= 4 is 80.0 Å². The van der Waals surface area contributed by atoms with Crippen LogP contribution in [0.5, 0.6) is 0 Å². The topological polar surface area (TPSA) is 19.6 Å². The van der Waals surface area contributed by atoms with Crippen LogP contribution in [0.3, 0.4) is 0 Å². The summed E-state index contributed by atoms with van der Waals surface area (Å²) < 4.78 is 6.69. The number of rotatable bonds is 14. The van der Waals surface area contributed by atoms with Gasteiger partial charge in [0.15, 0.2) is 5.58 Å². The molecule has 0 radical (unpaired) electrons. The van der Waals surface area contributed by atoms with E-state index in [9.17, 15) is 0 Å². The summed E-state index contributed by atoms with van der Waals surface area (Å²) in [5.41, 5.74) is 16.7. The zero-order chi connectivity index (χ0) is 49.2. The Morgan fingerprint density at radius 1 is 0.458 bits per heavy atom. The van der Waals surface area contributed by atoms with E-state index in [0.29, 0.717) is 0 Å². The standard InChI is InChI=1S/C68H56N2OSi/c1-6-72(4,5)66-39-23-33-60-56(52-42-44-54(45-43-52)70(53-28-14-9-15-29-53)63-36-20-17-31-58(63)51-26-12-8-13-27-51)47-46-55(67(60)66)48(2)40-41-49(3)69(62-35-19-16-30-57(62)50-24-10-7-11-25-50)64-37-22-34-61-59-32-18-21-38-65(59)71-68(61)64/h7-47H,2-3,6H2,1,4-5H3/b41-40-. The molecule has 1 heterocycles. The molecule has 3 nitrogen and oxygen atoms in total. The van der Waals surface area contributed by atoms with Crippen molar-refractivity contribution in [3.05, 3.63) is 273 Å². The quantitative estimate of drug-likeness (QED) is 0.0800. The van der Waals surface area contributed by atoms with Gasteiger partial charge in [0.25, 0.3) is 0 Å². The molecule has 1 aromatic heterocycles. The molecule has 0 amide bonds. The summed E-state index contributed by atoms with van der Waals surface area (Å²) in [4.78, 5) is 4.60. The van der Waals surface area contributed by atoms with Crippen molar-refractivity contribution in [1.29, 1.82) is 0 Å². The number of fused-ring (bicyclic) bond motifs is 4. The second kappa shape index (κ2) is 19.6. The number of hydrogen-bond acceptors (Lipinski definition) is 3. The molecule has 4 heteroatoms. The van der Waals surface area contributed by atoms with Gasteiger partial charge >= 0.3 is 0 Å². The largest absolute Gasteiger partial charge is 0.454 e. The Balaban J connectivity index is 0.998. The summed E-state index contributed by atoms with van der Waals surface area (Å²) >= 11 is 0. The SMILES string of the molecule is C=C(/C=C\C(=C)N(c1ccccc1-c1ccccc1)c1cccc2c1oc1ccccc12)c1ccc(-c2ccc(N(c3ccccc3)c3ccccc3-c3ccccc3)cc2)c2cccc([Si](C)(C)CC)c12. The Morgan fingerprint density at radius 3 is 1.68 bits per heavy atom. The van der Waals surface area contributed by atoms with Gasteiger partial charge in [-0.2, -0.15) is 0 Å². The van der Waals surface area contributed by atoms with Gasteiger partial charge in [-0.25, -0.2) is 0 Å². The zero-order valence-electron chi connectivity index (χ0n) is 41.1. The maximum Gasteiger partial charge on any atom is 0.159 e. The van der Waals surface area contributed by atoms with Crippen molar-refractivity contribution in [3.63, 3.8) is 0 Å². The maximum absolute atomic E-state index is 6.69. The molecule has 72 heavy (non-hydrogen) atoms. The van der Waals surface area contributed by atoms with Crippen molar-refractivity contribution < 1.29 is 4.42 Å². The third kappa shape index (κ3) is 8.57. The van der Waals surface area contributed by atoms with Crippen LogP contribution in [0.2, 0.25) is 19.1 Å². The van der Waals surface area contributed by atoms with Crippen LogP contribution in [-0.4, -0.2) is 8.07 Å². The summed E-state index contributed by atoms with van der Waals surface area (Å²) in [6, 6.07) is 85.4. The smallest absolute Gasteiger partial charge is 0.159 e. The Labute approximate surface area is 424 Å². The molecule has 0 aliphatic heterocycles. The lowest BCUT2D eigenvalue weighted by Gasteiger charge is -2.28. The molecule has 0 unspecified atom stereocenters. The van der Waals surface area contributed by atoms with Gasteiger partial charge in [-0.05, 0) is 98.8 Å². The molecular formula is C68H56N2OSi. The van der Waals surface area contributed by atoms with Crippen molar-refractivity contribution in [3.8, 4) is 33.4 Å². The molecule has 0 spiro atoms. The van der Waals surface area contributed by atoms with E-state index < -0.39 is 8.07 Å². The third-order valence-corrected chi connectivity index (χ3v) is 17.9. The van der Waals surface area contributed by atoms with Crippen LogP contribution < -0.4 is 15.0 Å². The lowest BCUT2D eigenvalue weighted by Crippen LogP contribution is -2.41. The van der Waals surface area contributed by atoms with Crippen LogP contribution >= 0.6 is 0 Å². The highest BCUT2D eigenvalue weighted by Crippen LogP contribution is 2.45. The molecule has 0 bridgehead atoms. The fourth-order valence-electron chi connectivity index (χ4n) is 10.2. The van der Waals surface area contributed by atoms with Gasteiger partial charge in [0.1, 0.15) is 5.58 Å². The molecule has 0 saturated heterocycles. The maximum atomic E-state index is 6.69. The lowest BCUT2D eigenvalue weighted by molar-refractivity contribution is 0.669. The van der Waals surface area contributed by atoms with Crippen LogP contribution in [0.1, 0.15) is 12.5 Å². The highest BCUT2D eigenvalue weighted by Gasteiger charge is 2.27. The van der Waals surface area contributed by atoms with Crippen molar-refractivity contribution in [2.75, 3.05) is 9.80 Å². The highest BCUT2D eigenvalue weighted by atomic mass is 28.3. The van der Waals surface area contributed by atoms with Crippen LogP contribution in [-0.2, 0) is 0 Å². The van der Waals surface area contributed by atoms with Crippen LogP contribution in [0.4, 0.5) is 28.4 Å². The summed E-state index contributed by atoms with van der Waals surface area (Å²) in [6.45, 7) is 16.9. The van der Waals surface area contributed by atoms with E-state index >= 15 is 0 Å². The van der Waals surface area contributed by atoms with Gasteiger partial charge in [0.05, 0.1) is 25.1 Å². The number of anilines is 5. The van der Waals surface area contributed by atoms with E-state index in [2.05, 4.69) is 266 Å². The Morgan fingerprint density at radius 2 is 0.986 bits per heavy atom. The first-order valence-electron chi connectivity index (χ1n) is 24.9. The van der Waals surface area contributed by atoms with Crippen molar-refractivity contribution in [2.24, 2.45) is 0 Å². The van der Waals surface area contributed by atoms with Gasteiger partial charge in [0.2, 0.25) is 0 Å². The molecule has 0 N–H and O–H groups in total. The van der Waals surface area contributed by atoms with Crippen molar-refractivity contribution in [1.82, 2.24) is 0 Å². The Kier molecular flexibility index (Phi) is 12.4. The lowest BCUT2D eigenvalue weighted by atomic mass is 9.92. The predicted octanol–water partition coefficient (Wildman–Crippen LogP) is 19.1. The predicted molar refractivity (Wildman–Crippen MR) is 312 cm³/mol. The van der Waals surface area contributed by atoms with Gasteiger partial charge in [-0.3, -0.25) is 0 Å². The van der Waals surface area contributed by atoms with Gasteiger partial charge < -0.3 is 14.2 Å². The first-order valence-corrected chi connectivity index (χ1v) is 28.1. The van der Waals surface area contributed by atoms with E-state index in [-0.39, 0.29) is 0 Å². The number of allylic oxidation sites excluding steroid dienone is 3. The molecule has 10 aromatic carbocycles. The monoisotopic (exact) mass is 944 g/mol. The van der Waals surface area contributed by atoms with Crippen LogP contribution in [0.25, 0.3) is 71.7 Å². The van der Waals surface area contributed by atoms with Crippen LogP contribution in [0.15, 0.2) is 272 Å². The Hall–Kier alpha value is -8.70. The van der Waals surface area contributed by atoms with Gasteiger partial charge in [-0.1, -0.05) is 239 Å². The zero-order valence-corrected chi connectivity index (χ0v) is 42.1. The summed E-state index contributed by atoms with van der Waals surface area (Å²) in [7, 11) is -1.89.